The number of fused-ring (bicyclic) bond motifs is 1. The molecule has 8 nitrogen and oxygen atoms in total. The van der Waals surface area contributed by atoms with Crippen LogP contribution in [0.2, 0.25) is 0 Å². The Kier molecular flexibility index (Phi) is 7.54. The number of rotatable bonds is 10. The molecule has 2 aromatic carbocycles. The Labute approximate surface area is 201 Å². The number of carbonyl (C=O) groups is 1. The number of aryl methyl sites for hydroxylation is 1. The molecule has 2 aromatic heterocycles. The number of carbonyl (C=O) groups excluding carboxylic acids is 1. The summed E-state index contributed by atoms with van der Waals surface area (Å²) in [6, 6.07) is 17.7. The summed E-state index contributed by atoms with van der Waals surface area (Å²) in [7, 11) is 0. The van der Waals surface area contributed by atoms with Crippen LogP contribution in [-0.4, -0.2) is 26.6 Å². The fourth-order valence-electron chi connectivity index (χ4n) is 3.28. The van der Waals surface area contributed by atoms with Crippen LogP contribution in [0.3, 0.4) is 0 Å². The number of nitrogens with zero attached hydrogens (tertiary/aromatic N) is 3. The Balaban J connectivity index is 1.35. The molecule has 2 heterocycles. The Morgan fingerprint density at radius 1 is 1.09 bits per heavy atom. The molecule has 0 radical (unpaired) electrons. The number of hydrogen-bond acceptors (Lipinski definition) is 7. The van der Waals surface area contributed by atoms with Gasteiger partial charge in [0, 0.05) is 18.2 Å². The van der Waals surface area contributed by atoms with Crippen LogP contribution in [0.1, 0.15) is 37.4 Å². The van der Waals surface area contributed by atoms with Crippen molar-refractivity contribution in [3.8, 4) is 11.5 Å². The Morgan fingerprint density at radius 2 is 1.85 bits per heavy atom. The van der Waals surface area contributed by atoms with Gasteiger partial charge in [0.05, 0.1) is 5.69 Å². The highest BCUT2D eigenvalue weighted by Crippen LogP contribution is 2.19. The van der Waals surface area contributed by atoms with Crippen molar-refractivity contribution in [3.63, 3.8) is 0 Å². The lowest BCUT2D eigenvalue weighted by Gasteiger charge is -2.17. The van der Waals surface area contributed by atoms with Crippen LogP contribution in [-0.2, 0) is 17.8 Å². The van der Waals surface area contributed by atoms with Crippen LogP contribution in [0.15, 0.2) is 65.5 Å². The summed E-state index contributed by atoms with van der Waals surface area (Å²) >= 11 is 1.42. The molecule has 0 saturated heterocycles. The van der Waals surface area contributed by atoms with Crippen molar-refractivity contribution in [2.24, 2.45) is 0 Å². The normalized spacial score (nSPS) is 11.8. The second-order valence-electron chi connectivity index (χ2n) is 7.66. The molecule has 34 heavy (non-hydrogen) atoms. The van der Waals surface area contributed by atoms with E-state index >= 15 is 0 Å². The predicted molar refractivity (Wildman–Crippen MR) is 132 cm³/mol. The molecule has 0 fully saturated rings. The van der Waals surface area contributed by atoms with E-state index in [1.54, 1.807) is 24.3 Å². The third-order valence-electron chi connectivity index (χ3n) is 5.00. The number of ether oxygens (including phenoxy) is 2. The fraction of sp³-hybridized carbons (Fsp3) is 0.280. The van der Waals surface area contributed by atoms with Crippen molar-refractivity contribution in [2.45, 2.75) is 45.8 Å². The first-order valence-corrected chi connectivity index (χ1v) is 12.0. The van der Waals surface area contributed by atoms with Crippen LogP contribution in [0.4, 0.5) is 5.69 Å². The highest BCUT2D eigenvalue weighted by atomic mass is 32.1. The number of nitrogens with one attached hydrogen (secondary N) is 1. The van der Waals surface area contributed by atoms with Gasteiger partial charge in [-0.25, -0.2) is 4.98 Å². The lowest BCUT2D eigenvalue weighted by Crippen LogP contribution is -2.32. The van der Waals surface area contributed by atoms with E-state index in [1.807, 2.05) is 37.3 Å². The van der Waals surface area contributed by atoms with Gasteiger partial charge in [0.2, 0.25) is 4.96 Å². The topological polar surface area (TPSA) is 94.8 Å². The van der Waals surface area contributed by atoms with E-state index in [2.05, 4.69) is 22.3 Å². The minimum absolute atomic E-state index is 0.154. The molecule has 0 bridgehead atoms. The van der Waals surface area contributed by atoms with E-state index in [0.29, 0.717) is 34.3 Å². The van der Waals surface area contributed by atoms with Crippen molar-refractivity contribution < 1.29 is 14.3 Å². The lowest BCUT2D eigenvalue weighted by molar-refractivity contribution is -0.122. The van der Waals surface area contributed by atoms with Crippen LogP contribution in [0.25, 0.3) is 4.96 Å². The summed E-state index contributed by atoms with van der Waals surface area (Å²) in [5.74, 6) is 1.04. The predicted octanol–water partition coefficient (Wildman–Crippen LogP) is 4.48. The molecule has 0 aliphatic rings. The third-order valence-corrected chi connectivity index (χ3v) is 5.97. The minimum Gasteiger partial charge on any atom is -0.487 e. The van der Waals surface area contributed by atoms with Crippen LogP contribution >= 0.6 is 11.3 Å². The van der Waals surface area contributed by atoms with E-state index in [-0.39, 0.29) is 18.1 Å². The molecule has 1 atom stereocenters. The maximum atomic E-state index is 12.6. The Hall–Kier alpha value is -3.72. The zero-order chi connectivity index (χ0) is 23.9. The van der Waals surface area contributed by atoms with Crippen molar-refractivity contribution >= 4 is 27.9 Å². The van der Waals surface area contributed by atoms with E-state index in [4.69, 9.17) is 9.47 Å². The molecule has 0 aliphatic heterocycles. The monoisotopic (exact) mass is 478 g/mol. The number of hydrogen-bond donors (Lipinski definition) is 1. The van der Waals surface area contributed by atoms with Crippen LogP contribution in [0.5, 0.6) is 11.5 Å². The van der Waals surface area contributed by atoms with E-state index in [1.165, 1.54) is 21.9 Å². The molecule has 176 valence electrons. The second-order valence-corrected chi connectivity index (χ2v) is 8.70. The molecule has 9 heteroatoms. The van der Waals surface area contributed by atoms with E-state index in [0.717, 1.165) is 17.8 Å². The average Bonchev–Trinajstić information content (AvgIpc) is 3.26. The van der Waals surface area contributed by atoms with Gasteiger partial charge in [-0.1, -0.05) is 43.4 Å². The van der Waals surface area contributed by atoms with Gasteiger partial charge in [0.1, 0.15) is 23.1 Å². The molecule has 0 aliphatic carbocycles. The highest BCUT2D eigenvalue weighted by molar-refractivity contribution is 7.16. The number of amides is 1. The summed E-state index contributed by atoms with van der Waals surface area (Å²) in [6.45, 7) is 4.12. The molecule has 0 saturated carbocycles. The molecular weight excluding hydrogens is 452 g/mol. The van der Waals surface area contributed by atoms with Gasteiger partial charge in [-0.05, 0) is 49.2 Å². The number of benzene rings is 2. The van der Waals surface area contributed by atoms with Gasteiger partial charge >= 0.3 is 0 Å². The zero-order valence-corrected chi connectivity index (χ0v) is 19.9. The SMILES string of the molecule is CCCc1nn2c(=O)cc(COc3ccc(NC(=O)[C@@H](CC)Oc4ccccc4)cc3)nc2s1. The first-order valence-electron chi connectivity index (χ1n) is 11.2. The van der Waals surface area contributed by atoms with Gasteiger partial charge in [-0.2, -0.15) is 9.61 Å². The van der Waals surface area contributed by atoms with E-state index < -0.39 is 6.10 Å². The smallest absolute Gasteiger partial charge is 0.275 e. The Morgan fingerprint density at radius 3 is 2.56 bits per heavy atom. The highest BCUT2D eigenvalue weighted by Gasteiger charge is 2.18. The average molecular weight is 479 g/mol. The molecule has 4 rings (SSSR count). The number of anilines is 1. The first-order chi connectivity index (χ1) is 16.6. The van der Waals surface area contributed by atoms with Crippen molar-refractivity contribution in [1.82, 2.24) is 14.6 Å². The van der Waals surface area contributed by atoms with Crippen LogP contribution < -0.4 is 20.3 Å². The van der Waals surface area contributed by atoms with Gasteiger partial charge in [0.25, 0.3) is 11.5 Å². The fourth-order valence-corrected chi connectivity index (χ4v) is 4.30. The molecule has 1 N–H and O–H groups in total. The maximum absolute atomic E-state index is 12.6. The number of aromatic nitrogens is 3. The van der Waals surface area contributed by atoms with Crippen molar-refractivity contribution in [1.29, 1.82) is 0 Å². The van der Waals surface area contributed by atoms with Gasteiger partial charge < -0.3 is 14.8 Å². The first kappa shape index (κ1) is 23.4. The van der Waals surface area contributed by atoms with E-state index in [9.17, 15) is 9.59 Å². The van der Waals surface area contributed by atoms with Crippen molar-refractivity contribution in [3.05, 3.63) is 81.7 Å². The summed E-state index contributed by atoms with van der Waals surface area (Å²) in [4.78, 5) is 30.0. The number of para-hydroxylation sites is 1. The summed E-state index contributed by atoms with van der Waals surface area (Å²) in [5.41, 5.74) is 0.958. The third kappa shape index (κ3) is 5.79. The quantitative estimate of drug-likeness (QED) is 0.361. The molecular formula is C25H26N4O4S. The Bertz CT molecular complexity index is 1300. The maximum Gasteiger partial charge on any atom is 0.275 e. The standard InChI is InChI=1S/C25H26N4O4S/c1-3-8-22-28-29-23(30)15-18(27-25(29)34-22)16-32-19-13-11-17(12-14-19)26-24(31)21(4-2)33-20-9-6-5-7-10-20/h5-7,9-15,21H,3-4,8,16H2,1-2H3,(H,26,31)/t21-/m1/s1. The summed E-state index contributed by atoms with van der Waals surface area (Å²) < 4.78 is 12.9. The largest absolute Gasteiger partial charge is 0.487 e. The second kappa shape index (κ2) is 10.9. The summed E-state index contributed by atoms with van der Waals surface area (Å²) in [5, 5.41) is 8.08. The lowest BCUT2D eigenvalue weighted by atomic mass is 10.2. The zero-order valence-electron chi connectivity index (χ0n) is 19.1. The molecule has 1 amide bonds. The van der Waals surface area contributed by atoms with Crippen molar-refractivity contribution in [2.75, 3.05) is 5.32 Å². The minimum atomic E-state index is -0.594. The van der Waals surface area contributed by atoms with Gasteiger partial charge in [-0.3, -0.25) is 9.59 Å². The molecule has 0 unspecified atom stereocenters. The summed E-state index contributed by atoms with van der Waals surface area (Å²) in [6.07, 6.45) is 1.72. The van der Waals surface area contributed by atoms with Gasteiger partial charge in [0.15, 0.2) is 6.10 Å². The van der Waals surface area contributed by atoms with Gasteiger partial charge in [-0.15, -0.1) is 0 Å². The molecule has 0 spiro atoms. The molecule has 4 aromatic rings. The van der Waals surface area contributed by atoms with Crippen LogP contribution in [0, 0.1) is 0 Å².